The van der Waals surface area contributed by atoms with Gasteiger partial charge in [-0.25, -0.2) is 13.8 Å². The van der Waals surface area contributed by atoms with Crippen molar-refractivity contribution in [3.05, 3.63) is 72.1 Å². The molecule has 7 nitrogen and oxygen atoms in total. The summed E-state index contributed by atoms with van der Waals surface area (Å²) in [6, 6.07) is 12.3. The highest BCUT2D eigenvalue weighted by molar-refractivity contribution is 6.11. The third-order valence-electron chi connectivity index (χ3n) is 5.99. The number of nitrogens with one attached hydrogen (secondary N) is 2. The predicted molar refractivity (Wildman–Crippen MR) is 125 cm³/mol. The molecule has 0 radical (unpaired) electrons. The second-order valence-electron chi connectivity index (χ2n) is 8.39. The van der Waals surface area contributed by atoms with Crippen molar-refractivity contribution in [1.82, 2.24) is 20.1 Å². The van der Waals surface area contributed by atoms with Gasteiger partial charge in [-0.05, 0) is 49.7 Å². The molecule has 174 valence electrons. The Morgan fingerprint density at radius 3 is 2.79 bits per heavy atom. The molecule has 9 heteroatoms. The van der Waals surface area contributed by atoms with Crippen molar-refractivity contribution in [2.45, 2.75) is 18.9 Å². The fourth-order valence-electron chi connectivity index (χ4n) is 4.10. The Morgan fingerprint density at radius 1 is 1.15 bits per heavy atom. The molecule has 0 bridgehead atoms. The van der Waals surface area contributed by atoms with E-state index in [0.717, 1.165) is 32.0 Å². The van der Waals surface area contributed by atoms with E-state index >= 15 is 0 Å². The van der Waals surface area contributed by atoms with Crippen LogP contribution in [0.4, 0.5) is 14.5 Å². The van der Waals surface area contributed by atoms with Crippen molar-refractivity contribution in [2.24, 2.45) is 0 Å². The molecular formula is C25H23F2N5O2. The van der Waals surface area contributed by atoms with Gasteiger partial charge in [0.15, 0.2) is 17.3 Å². The molecule has 34 heavy (non-hydrogen) atoms. The maximum atomic E-state index is 14.3. The van der Waals surface area contributed by atoms with E-state index in [4.69, 9.17) is 4.74 Å². The van der Waals surface area contributed by atoms with Gasteiger partial charge in [-0.3, -0.25) is 9.89 Å². The van der Waals surface area contributed by atoms with Crippen LogP contribution in [0.3, 0.4) is 0 Å². The first-order valence-electron chi connectivity index (χ1n) is 11.0. The molecule has 4 aromatic rings. The number of aromatic amines is 1. The van der Waals surface area contributed by atoms with E-state index in [1.807, 2.05) is 0 Å². The minimum atomic E-state index is -0.940. The Morgan fingerprint density at radius 2 is 1.97 bits per heavy atom. The summed E-state index contributed by atoms with van der Waals surface area (Å²) in [5, 5.41) is 10.3. The van der Waals surface area contributed by atoms with Crippen LogP contribution in [0.15, 0.2) is 54.7 Å². The van der Waals surface area contributed by atoms with Crippen LogP contribution >= 0.6 is 0 Å². The highest BCUT2D eigenvalue weighted by atomic mass is 19.2. The second-order valence-corrected chi connectivity index (χ2v) is 8.39. The average molecular weight is 463 g/mol. The molecule has 0 atom stereocenters. The fourth-order valence-corrected chi connectivity index (χ4v) is 4.10. The number of aromatic nitrogens is 3. The molecule has 0 aliphatic carbocycles. The van der Waals surface area contributed by atoms with Crippen LogP contribution in [0.25, 0.3) is 22.0 Å². The number of carbonyl (C=O) groups excluding carboxylic acids is 1. The summed E-state index contributed by atoms with van der Waals surface area (Å²) in [4.78, 5) is 19.5. The number of nitrogens with zero attached hydrogens (tertiary/aromatic N) is 3. The van der Waals surface area contributed by atoms with Crippen molar-refractivity contribution in [2.75, 3.05) is 25.5 Å². The second kappa shape index (κ2) is 9.18. The molecule has 1 aliphatic heterocycles. The summed E-state index contributed by atoms with van der Waals surface area (Å²) >= 11 is 0. The van der Waals surface area contributed by atoms with Gasteiger partial charge in [0.2, 0.25) is 5.88 Å². The summed E-state index contributed by atoms with van der Waals surface area (Å²) in [7, 11) is 2.08. The number of pyridine rings is 1. The van der Waals surface area contributed by atoms with E-state index in [0.29, 0.717) is 28.0 Å². The number of fused-ring (bicyclic) bond motifs is 1. The molecule has 1 fully saturated rings. The van der Waals surface area contributed by atoms with Gasteiger partial charge >= 0.3 is 0 Å². The highest BCUT2D eigenvalue weighted by Gasteiger charge is 2.20. The van der Waals surface area contributed by atoms with Gasteiger partial charge in [0.1, 0.15) is 6.10 Å². The number of hydrogen-bond acceptors (Lipinski definition) is 5. The van der Waals surface area contributed by atoms with E-state index in [-0.39, 0.29) is 17.4 Å². The number of amides is 1. The number of hydrogen-bond donors (Lipinski definition) is 2. The van der Waals surface area contributed by atoms with Gasteiger partial charge in [0, 0.05) is 42.0 Å². The van der Waals surface area contributed by atoms with Gasteiger partial charge in [-0.1, -0.05) is 18.2 Å². The molecular weight excluding hydrogens is 440 g/mol. The van der Waals surface area contributed by atoms with E-state index in [1.54, 1.807) is 36.5 Å². The Hall–Kier alpha value is -3.85. The van der Waals surface area contributed by atoms with Crippen LogP contribution in [0.1, 0.15) is 23.3 Å². The van der Waals surface area contributed by atoms with Crippen molar-refractivity contribution in [3.63, 3.8) is 0 Å². The monoisotopic (exact) mass is 463 g/mol. The lowest BCUT2D eigenvalue weighted by molar-refractivity contribution is 0.102. The van der Waals surface area contributed by atoms with Crippen LogP contribution in [0.5, 0.6) is 5.88 Å². The molecule has 5 rings (SSSR count). The van der Waals surface area contributed by atoms with Crippen molar-refractivity contribution >= 4 is 22.5 Å². The molecule has 1 saturated heterocycles. The Labute approximate surface area is 194 Å². The first kappa shape index (κ1) is 22.0. The largest absolute Gasteiger partial charge is 0.474 e. The third-order valence-corrected chi connectivity index (χ3v) is 5.99. The lowest BCUT2D eigenvalue weighted by atomic mass is 10.0. The first-order chi connectivity index (χ1) is 16.5. The lowest BCUT2D eigenvalue weighted by Gasteiger charge is -2.28. The van der Waals surface area contributed by atoms with Crippen LogP contribution in [0, 0.1) is 11.6 Å². The van der Waals surface area contributed by atoms with Crippen LogP contribution in [0.2, 0.25) is 0 Å². The summed E-state index contributed by atoms with van der Waals surface area (Å²) < 4.78 is 34.0. The number of piperidine rings is 1. The molecule has 1 amide bonds. The lowest BCUT2D eigenvalue weighted by Crippen LogP contribution is -2.35. The molecule has 2 aromatic heterocycles. The molecule has 0 unspecified atom stereocenters. The normalized spacial score (nSPS) is 14.9. The zero-order chi connectivity index (χ0) is 23.7. The zero-order valence-electron chi connectivity index (χ0n) is 18.5. The topological polar surface area (TPSA) is 83.1 Å². The van der Waals surface area contributed by atoms with E-state index in [9.17, 15) is 13.6 Å². The molecule has 2 aromatic carbocycles. The summed E-state index contributed by atoms with van der Waals surface area (Å²) in [6.45, 7) is 1.93. The summed E-state index contributed by atoms with van der Waals surface area (Å²) in [6.07, 6.45) is 3.50. The Balaban J connectivity index is 1.36. The third kappa shape index (κ3) is 4.47. The van der Waals surface area contributed by atoms with Crippen molar-refractivity contribution in [1.29, 1.82) is 0 Å². The molecule has 1 aliphatic rings. The van der Waals surface area contributed by atoms with Crippen LogP contribution in [-0.4, -0.2) is 52.2 Å². The maximum absolute atomic E-state index is 14.3. The van der Waals surface area contributed by atoms with E-state index < -0.39 is 17.5 Å². The number of H-pyrrole nitrogens is 1. The maximum Gasteiger partial charge on any atom is 0.276 e. The Kier molecular flexibility index (Phi) is 5.93. The number of carbonyl (C=O) groups is 1. The number of rotatable bonds is 5. The number of likely N-dealkylation sites (tertiary alicyclic amines) is 1. The van der Waals surface area contributed by atoms with Crippen molar-refractivity contribution < 1.29 is 18.3 Å². The van der Waals surface area contributed by atoms with Crippen molar-refractivity contribution in [3.8, 4) is 17.0 Å². The smallest absolute Gasteiger partial charge is 0.276 e. The van der Waals surface area contributed by atoms with Gasteiger partial charge in [-0.2, -0.15) is 5.10 Å². The number of benzene rings is 2. The SMILES string of the molecule is CN1CCC(Oc2cc(NC(=O)c3n[nH]c4ccc(-c5cccc(F)c5F)cc34)ccn2)CC1. The molecule has 0 saturated carbocycles. The molecule has 0 spiro atoms. The predicted octanol–water partition coefficient (Wildman–Crippen LogP) is 4.63. The number of anilines is 1. The number of ether oxygens (including phenoxy) is 1. The van der Waals surface area contributed by atoms with Crippen LogP contribution in [-0.2, 0) is 0 Å². The zero-order valence-corrected chi connectivity index (χ0v) is 18.5. The summed E-state index contributed by atoms with van der Waals surface area (Å²) in [5.74, 6) is -1.87. The minimum Gasteiger partial charge on any atom is -0.474 e. The Bertz CT molecular complexity index is 1350. The first-order valence-corrected chi connectivity index (χ1v) is 11.0. The quantitative estimate of drug-likeness (QED) is 0.451. The highest BCUT2D eigenvalue weighted by Crippen LogP contribution is 2.29. The van der Waals surface area contributed by atoms with Gasteiger partial charge in [-0.15, -0.1) is 0 Å². The summed E-state index contributed by atoms with van der Waals surface area (Å²) in [5.41, 5.74) is 1.82. The minimum absolute atomic E-state index is 0.0894. The van der Waals surface area contributed by atoms with Crippen LogP contribution < -0.4 is 10.1 Å². The standard InChI is InChI=1S/C25H23F2N5O2/c1-32-11-8-17(9-12-32)34-22-14-16(7-10-28-22)29-25(33)24-19-13-15(5-6-21(19)30-31-24)18-3-2-4-20(26)23(18)27/h2-7,10,13-14,17H,8-9,11-12H2,1H3,(H,30,31)(H,28,29,33). The van der Waals surface area contributed by atoms with Gasteiger partial charge < -0.3 is 15.0 Å². The molecule has 2 N–H and O–H groups in total. The van der Waals surface area contributed by atoms with Gasteiger partial charge in [0.25, 0.3) is 5.91 Å². The fraction of sp³-hybridized carbons (Fsp3) is 0.240. The number of halogens is 2. The van der Waals surface area contributed by atoms with E-state index in [1.165, 1.54) is 12.1 Å². The molecule has 3 heterocycles. The van der Waals surface area contributed by atoms with E-state index in [2.05, 4.69) is 32.4 Å². The average Bonchev–Trinajstić information content (AvgIpc) is 3.26. The van der Waals surface area contributed by atoms with Gasteiger partial charge in [0.05, 0.1) is 5.52 Å².